The van der Waals surface area contributed by atoms with Crippen LogP contribution in [0.4, 0.5) is 0 Å². The highest BCUT2D eigenvalue weighted by atomic mass is 16.4. The molecule has 16 atom stereocenters. The number of aliphatic hydroxyl groups is 1. The van der Waals surface area contributed by atoms with Gasteiger partial charge in [-0.2, -0.15) is 0 Å². The van der Waals surface area contributed by atoms with Crippen LogP contribution in [0, 0.1) is 11.8 Å². The number of carbonyl (C=O) groups is 20. The molecule has 16 amide bonds. The minimum atomic E-state index is -1.92. The van der Waals surface area contributed by atoms with Gasteiger partial charge >= 0.3 is 23.9 Å². The van der Waals surface area contributed by atoms with Crippen molar-refractivity contribution in [2.24, 2.45) is 40.5 Å². The summed E-state index contributed by atoms with van der Waals surface area (Å²) >= 11 is 0. The SMILES string of the molecule is CC[C@H](C)[C@H](NC(=O)[C@H](Cc1ccc(O)cc1)NC(=O)[C@H](C)NC(=O)[C@H](CCC(=O)O)NC(=O)[C@@H](N)CCC(=O)O)C(=O)N1CCC[C@H]1C(=O)N[C@@H](CCCCN)C(=O)N[C@@H](CCC(=O)O)C(=O)N[C@@H](CCC(N)=O)C(=O)N[C@@H](CCCCN)C(=O)N[C@@H](Cc1ccc(O)cc1)C(=O)N[C@@H](CO)C(=O)N[C@@H](Cc1ccccc1)C(=O)N[C@@H](CC(C)C)C(=O)N[C@@H](CCC(N)=O)C(=O)O. The van der Waals surface area contributed by atoms with Crippen LogP contribution in [-0.2, 0) is 115 Å². The molecule has 4 rings (SSSR count). The lowest BCUT2D eigenvalue weighted by Crippen LogP contribution is -2.61. The van der Waals surface area contributed by atoms with E-state index in [0.29, 0.717) is 11.1 Å². The first-order valence-corrected chi connectivity index (χ1v) is 44.0. The second-order valence-corrected chi connectivity index (χ2v) is 33.0. The molecule has 734 valence electrons. The fourth-order valence-electron chi connectivity index (χ4n) is 14.0. The lowest BCUT2D eigenvalue weighted by atomic mass is 9.96. The first kappa shape index (κ1) is 112. The van der Waals surface area contributed by atoms with Gasteiger partial charge in [0.05, 0.1) is 12.6 Å². The van der Waals surface area contributed by atoms with E-state index in [0.717, 1.165) is 0 Å². The van der Waals surface area contributed by atoms with E-state index < -0.39 is 279 Å². The number of phenols is 2. The van der Waals surface area contributed by atoms with Crippen LogP contribution in [0.15, 0.2) is 78.9 Å². The molecule has 1 aliphatic rings. The fourth-order valence-corrected chi connectivity index (χ4v) is 14.0. The van der Waals surface area contributed by atoms with Gasteiger partial charge in [0.2, 0.25) is 94.5 Å². The summed E-state index contributed by atoms with van der Waals surface area (Å²) in [7, 11) is 0. The molecule has 46 heteroatoms. The number of carboxylic acids is 4. The van der Waals surface area contributed by atoms with E-state index in [1.807, 2.05) is 0 Å². The van der Waals surface area contributed by atoms with E-state index in [-0.39, 0.29) is 133 Å². The highest BCUT2D eigenvalue weighted by Crippen LogP contribution is 2.24. The zero-order chi connectivity index (χ0) is 99.3. The van der Waals surface area contributed by atoms with Crippen molar-refractivity contribution in [2.45, 2.75) is 273 Å². The molecule has 46 nitrogen and oxygen atoms in total. The summed E-state index contributed by atoms with van der Waals surface area (Å²) in [5.74, 6) is -23.4. The monoisotopic (exact) mass is 1870 g/mol. The molecule has 0 spiro atoms. The van der Waals surface area contributed by atoms with E-state index in [2.05, 4.69) is 69.1 Å². The Morgan fingerprint density at radius 1 is 0.391 bits per heavy atom. The van der Waals surface area contributed by atoms with Gasteiger partial charge in [0, 0.05) is 57.9 Å². The highest BCUT2D eigenvalue weighted by molar-refractivity contribution is 6.01. The van der Waals surface area contributed by atoms with Crippen LogP contribution >= 0.6 is 0 Å². The lowest BCUT2D eigenvalue weighted by Gasteiger charge is -2.33. The number of primary amides is 2. The normalized spacial score (nSPS) is 15.7. The zero-order valence-electron chi connectivity index (χ0n) is 75.0. The smallest absolute Gasteiger partial charge is 0.326 e. The van der Waals surface area contributed by atoms with Crippen LogP contribution < -0.4 is 97.8 Å². The number of amides is 16. The number of aliphatic carboxylic acids is 4. The standard InChI is InChI=1S/C87H129N19O27/c1-6-47(4)72(105-83(128)64(44-51-22-26-53(109)27-23-51)100-73(118)48(5)93-75(120)58(31-36-70(114)115)94-74(119)54(90)28-35-69(112)113)86(131)106-40-14-19-66(106)85(130)98-56(18-11-13-39-89)76(121)97-59(32-37-71(116)117)79(124)96-57(29-33-67(91)110)78(123)95-55(17-10-12-38-88)77(122)102-63(43-50-20-24-52(108)25-21-50)82(127)104-65(45-107)84(129)103-62(42-49-15-8-7-9-16-49)81(126)101-61(41-46(2)3)80(125)99-60(87(132)133)30-34-68(92)111/h7-9,15-16,20-27,46-48,54-66,72,107-109H,6,10-14,17-19,28-45,88-90H2,1-5H3,(H2,91,110)(H2,92,111)(H,93,120)(H,94,119)(H,95,123)(H,96,124)(H,97,121)(H,98,130)(H,99,125)(H,100,118)(H,101,126)(H,102,122)(H,103,129)(H,104,127)(H,105,128)(H,112,113)(H,114,115)(H,116,117)(H,132,133)/t47-,48-,54-,55-,56-,57-,58-,59-,60-,61-,62-,63-,64-,65-,66-,72-/m0/s1. The number of nitrogens with two attached hydrogens (primary N) is 5. The summed E-state index contributed by atoms with van der Waals surface area (Å²) in [6, 6.07) is -5.27. The Morgan fingerprint density at radius 2 is 0.737 bits per heavy atom. The summed E-state index contributed by atoms with van der Waals surface area (Å²) in [5, 5.41) is 102. The molecule has 0 saturated carbocycles. The predicted molar refractivity (Wildman–Crippen MR) is 474 cm³/mol. The third-order valence-corrected chi connectivity index (χ3v) is 21.8. The average molecular weight is 1870 g/mol. The van der Waals surface area contributed by atoms with E-state index in [4.69, 9.17) is 33.8 Å². The van der Waals surface area contributed by atoms with Gasteiger partial charge in [-0.15, -0.1) is 0 Å². The third kappa shape index (κ3) is 40.4. The summed E-state index contributed by atoms with van der Waals surface area (Å²) in [6.45, 7) is 6.85. The lowest BCUT2D eigenvalue weighted by molar-refractivity contribution is -0.143. The van der Waals surface area contributed by atoms with Crippen LogP contribution in [0.1, 0.15) is 180 Å². The molecular formula is C87H129N19O27. The van der Waals surface area contributed by atoms with Gasteiger partial charge in [0.25, 0.3) is 0 Å². The van der Waals surface area contributed by atoms with Crippen molar-refractivity contribution in [3.05, 3.63) is 95.6 Å². The molecule has 30 N–H and O–H groups in total. The summed E-state index contributed by atoms with van der Waals surface area (Å²) in [4.78, 5) is 274. The molecular weight excluding hydrogens is 1740 g/mol. The van der Waals surface area contributed by atoms with Crippen LogP contribution in [0.5, 0.6) is 11.5 Å². The van der Waals surface area contributed by atoms with Crippen molar-refractivity contribution >= 4 is 118 Å². The topological polar surface area (TPSA) is 773 Å². The molecule has 3 aromatic rings. The fraction of sp³-hybridized carbons (Fsp3) is 0.563. The average Bonchev–Trinajstić information content (AvgIpc) is 1.69. The van der Waals surface area contributed by atoms with Gasteiger partial charge in [-0.05, 0) is 163 Å². The number of nitrogens with zero attached hydrogens (tertiary/aromatic N) is 1. The second-order valence-electron chi connectivity index (χ2n) is 33.0. The Morgan fingerprint density at radius 3 is 1.16 bits per heavy atom. The number of carboxylic acid groups (broad SMARTS) is 4. The van der Waals surface area contributed by atoms with Crippen LogP contribution in [0.2, 0.25) is 0 Å². The first-order valence-electron chi connectivity index (χ1n) is 44.0. The predicted octanol–water partition coefficient (Wildman–Crippen LogP) is -4.68. The number of hydrogen-bond acceptors (Lipinski definition) is 26. The van der Waals surface area contributed by atoms with Crippen molar-refractivity contribution in [2.75, 3.05) is 26.2 Å². The molecule has 133 heavy (non-hydrogen) atoms. The molecule has 1 fully saturated rings. The van der Waals surface area contributed by atoms with Crippen molar-refractivity contribution in [1.29, 1.82) is 0 Å². The number of aromatic hydroxyl groups is 2. The molecule has 0 bridgehead atoms. The van der Waals surface area contributed by atoms with Gasteiger partial charge in [-0.1, -0.05) is 88.7 Å². The Labute approximate surface area is 767 Å². The molecule has 1 aliphatic heterocycles. The van der Waals surface area contributed by atoms with Gasteiger partial charge in [0.1, 0.15) is 96.1 Å². The molecule has 0 radical (unpaired) electrons. The summed E-state index contributed by atoms with van der Waals surface area (Å²) in [5.41, 5.74) is 29.5. The quantitative estimate of drug-likeness (QED) is 0.0236. The first-order chi connectivity index (χ1) is 62.9. The van der Waals surface area contributed by atoms with Gasteiger partial charge < -0.3 is 138 Å². The summed E-state index contributed by atoms with van der Waals surface area (Å²) < 4.78 is 0. The van der Waals surface area contributed by atoms with Crippen molar-refractivity contribution in [1.82, 2.24) is 74.0 Å². The number of aliphatic hydroxyl groups excluding tert-OH is 1. The van der Waals surface area contributed by atoms with E-state index in [1.165, 1.54) is 60.4 Å². The number of likely N-dealkylation sites (tertiary alicyclic amines) is 1. The van der Waals surface area contributed by atoms with Gasteiger partial charge in [-0.3, -0.25) is 91.1 Å². The number of benzene rings is 3. The Balaban J connectivity index is 1.64. The number of carbonyl (C=O) groups excluding carboxylic acids is 16. The molecule has 1 saturated heterocycles. The number of unbranched alkanes of at least 4 members (excludes halogenated alkanes) is 2. The van der Waals surface area contributed by atoms with Crippen LogP contribution in [0.3, 0.4) is 0 Å². The maximum Gasteiger partial charge on any atom is 0.326 e. The van der Waals surface area contributed by atoms with E-state index >= 15 is 4.79 Å². The number of hydrogen-bond donors (Lipinski definition) is 25. The van der Waals surface area contributed by atoms with Crippen molar-refractivity contribution in [3.63, 3.8) is 0 Å². The minimum Gasteiger partial charge on any atom is -0.508 e. The minimum absolute atomic E-state index is 0.00737. The van der Waals surface area contributed by atoms with Crippen LogP contribution in [0.25, 0.3) is 0 Å². The molecule has 0 aliphatic carbocycles. The highest BCUT2D eigenvalue weighted by Gasteiger charge is 2.43. The molecule has 0 aromatic heterocycles. The number of rotatable bonds is 62. The number of phenolic OH excluding ortho intramolecular Hbond substituents is 2. The van der Waals surface area contributed by atoms with Crippen molar-refractivity contribution in [3.8, 4) is 11.5 Å². The molecule has 1 heterocycles. The van der Waals surface area contributed by atoms with Crippen molar-refractivity contribution < 1.29 is 132 Å². The number of nitrogens with one attached hydrogen (secondary N) is 13. The summed E-state index contributed by atoms with van der Waals surface area (Å²) in [6.07, 6.45) is -5.86. The van der Waals surface area contributed by atoms with Gasteiger partial charge in [-0.25, -0.2) is 4.79 Å². The molecule has 3 aromatic carbocycles. The van der Waals surface area contributed by atoms with E-state index in [1.54, 1.807) is 58.0 Å². The Kier molecular flexibility index (Phi) is 48.4. The Bertz CT molecular complexity index is 4470. The maximum absolute atomic E-state index is 15.1. The van der Waals surface area contributed by atoms with Gasteiger partial charge in [0.15, 0.2) is 0 Å². The molecule has 0 unspecified atom stereocenters. The van der Waals surface area contributed by atoms with E-state index in [9.17, 15) is 122 Å². The Hall–Kier alpha value is -13.5. The largest absolute Gasteiger partial charge is 0.508 e. The third-order valence-electron chi connectivity index (χ3n) is 21.8. The van der Waals surface area contributed by atoms with Crippen LogP contribution in [-0.4, -0.2) is 276 Å². The maximum atomic E-state index is 15.1. The zero-order valence-corrected chi connectivity index (χ0v) is 75.0. The second kappa shape index (κ2) is 57.6.